The lowest BCUT2D eigenvalue weighted by Crippen LogP contribution is -2.03. The summed E-state index contributed by atoms with van der Waals surface area (Å²) < 4.78 is 1.83. The van der Waals surface area contributed by atoms with Gasteiger partial charge in [-0.15, -0.1) is 21.5 Å². The maximum absolute atomic E-state index is 4.36. The molecular formula is C11H12N6S. The van der Waals surface area contributed by atoms with Crippen LogP contribution >= 0.6 is 11.3 Å². The van der Waals surface area contributed by atoms with Crippen LogP contribution in [-0.4, -0.2) is 24.6 Å². The number of nitrogens with zero attached hydrogens (tertiary/aromatic N) is 5. The molecule has 18 heavy (non-hydrogen) atoms. The van der Waals surface area contributed by atoms with E-state index in [9.17, 15) is 0 Å². The normalized spacial score (nSPS) is 10.9. The fourth-order valence-electron chi connectivity index (χ4n) is 1.64. The molecule has 6 nitrogen and oxygen atoms in total. The van der Waals surface area contributed by atoms with Gasteiger partial charge < -0.3 is 5.32 Å². The van der Waals surface area contributed by atoms with E-state index in [0.717, 1.165) is 22.9 Å². The number of aromatic nitrogens is 5. The molecule has 1 N–H and O–H groups in total. The molecule has 0 radical (unpaired) electrons. The maximum atomic E-state index is 4.36. The summed E-state index contributed by atoms with van der Waals surface area (Å²) in [6, 6.07) is 0. The molecule has 0 aliphatic rings. The number of aryl methyl sites for hydroxylation is 1. The molecule has 92 valence electrons. The van der Waals surface area contributed by atoms with E-state index >= 15 is 0 Å². The standard InChI is InChI=1S/C11H12N6S/c1-2-8-5-13-9(18-8)6-14-10-11-16-15-7-17(11)4-3-12-10/h3-5,7H,2,6H2,1H3,(H,12,14). The highest BCUT2D eigenvalue weighted by Crippen LogP contribution is 2.16. The van der Waals surface area contributed by atoms with Crippen molar-refractivity contribution in [2.75, 3.05) is 5.32 Å². The predicted octanol–water partition coefficient (Wildman–Crippen LogP) is 1.76. The van der Waals surface area contributed by atoms with E-state index in [1.54, 1.807) is 23.9 Å². The smallest absolute Gasteiger partial charge is 0.203 e. The van der Waals surface area contributed by atoms with Crippen LogP contribution < -0.4 is 5.32 Å². The zero-order valence-corrected chi connectivity index (χ0v) is 10.7. The van der Waals surface area contributed by atoms with Crippen LogP contribution in [0.1, 0.15) is 16.8 Å². The number of fused-ring (bicyclic) bond motifs is 1. The van der Waals surface area contributed by atoms with Crippen LogP contribution in [0.25, 0.3) is 5.65 Å². The number of nitrogens with one attached hydrogen (secondary N) is 1. The third-order valence-corrected chi connectivity index (χ3v) is 3.71. The number of anilines is 1. The van der Waals surface area contributed by atoms with Crippen LogP contribution in [0.5, 0.6) is 0 Å². The summed E-state index contributed by atoms with van der Waals surface area (Å²) in [5, 5.41) is 12.2. The summed E-state index contributed by atoms with van der Waals surface area (Å²) in [5.41, 5.74) is 0.727. The average Bonchev–Trinajstić information content (AvgIpc) is 3.05. The molecule has 0 aromatic carbocycles. The van der Waals surface area contributed by atoms with Crippen LogP contribution in [0, 0.1) is 0 Å². The molecule has 0 atom stereocenters. The van der Waals surface area contributed by atoms with Gasteiger partial charge in [0, 0.05) is 23.5 Å². The summed E-state index contributed by atoms with van der Waals surface area (Å²) in [7, 11) is 0. The largest absolute Gasteiger partial charge is 0.360 e. The molecule has 3 heterocycles. The zero-order valence-electron chi connectivity index (χ0n) is 9.87. The van der Waals surface area contributed by atoms with Crippen LogP contribution in [-0.2, 0) is 13.0 Å². The van der Waals surface area contributed by atoms with E-state index in [1.807, 2.05) is 16.8 Å². The van der Waals surface area contributed by atoms with Gasteiger partial charge >= 0.3 is 0 Å². The number of hydrogen-bond donors (Lipinski definition) is 1. The monoisotopic (exact) mass is 260 g/mol. The topological polar surface area (TPSA) is 68.0 Å². The lowest BCUT2D eigenvalue weighted by atomic mass is 10.4. The van der Waals surface area contributed by atoms with Gasteiger partial charge in [0.25, 0.3) is 0 Å². The predicted molar refractivity (Wildman–Crippen MR) is 69.6 cm³/mol. The highest BCUT2D eigenvalue weighted by molar-refractivity contribution is 7.11. The van der Waals surface area contributed by atoms with Crippen molar-refractivity contribution in [3.8, 4) is 0 Å². The Morgan fingerprint density at radius 2 is 2.33 bits per heavy atom. The van der Waals surface area contributed by atoms with Crippen molar-refractivity contribution in [1.82, 2.24) is 24.6 Å². The lowest BCUT2D eigenvalue weighted by molar-refractivity contribution is 1.05. The van der Waals surface area contributed by atoms with Gasteiger partial charge in [0.1, 0.15) is 11.3 Å². The van der Waals surface area contributed by atoms with E-state index in [-0.39, 0.29) is 0 Å². The van der Waals surface area contributed by atoms with Gasteiger partial charge in [0.15, 0.2) is 5.82 Å². The Hall–Kier alpha value is -2.02. The number of rotatable bonds is 4. The molecule has 0 fully saturated rings. The minimum absolute atomic E-state index is 0.657. The first kappa shape index (κ1) is 11.1. The van der Waals surface area contributed by atoms with Crippen LogP contribution in [0.3, 0.4) is 0 Å². The van der Waals surface area contributed by atoms with Crippen LogP contribution in [0.15, 0.2) is 24.9 Å². The Labute approximate surface area is 108 Å². The Kier molecular flexibility index (Phi) is 2.89. The molecule has 3 aromatic heterocycles. The molecule has 0 saturated heterocycles. The van der Waals surface area contributed by atoms with Gasteiger partial charge in [-0.05, 0) is 6.42 Å². The molecule has 0 aliphatic carbocycles. The molecule has 0 bridgehead atoms. The molecule has 0 amide bonds. The summed E-state index contributed by atoms with van der Waals surface area (Å²) >= 11 is 1.72. The summed E-state index contributed by atoms with van der Waals surface area (Å²) in [5.74, 6) is 0.725. The molecule has 0 unspecified atom stereocenters. The van der Waals surface area contributed by atoms with E-state index in [4.69, 9.17) is 0 Å². The molecule has 0 spiro atoms. The minimum atomic E-state index is 0.657. The Morgan fingerprint density at radius 1 is 1.39 bits per heavy atom. The van der Waals surface area contributed by atoms with E-state index in [2.05, 4.69) is 32.4 Å². The van der Waals surface area contributed by atoms with Crippen molar-refractivity contribution >= 4 is 22.8 Å². The van der Waals surface area contributed by atoms with Crippen molar-refractivity contribution in [2.45, 2.75) is 19.9 Å². The third-order valence-electron chi connectivity index (χ3n) is 2.57. The van der Waals surface area contributed by atoms with Gasteiger partial charge in [0.05, 0.1) is 6.54 Å². The second-order valence-electron chi connectivity index (χ2n) is 3.77. The second kappa shape index (κ2) is 4.69. The fraction of sp³-hybridized carbons (Fsp3) is 0.273. The number of hydrogen-bond acceptors (Lipinski definition) is 6. The van der Waals surface area contributed by atoms with Crippen molar-refractivity contribution in [3.63, 3.8) is 0 Å². The van der Waals surface area contributed by atoms with Gasteiger partial charge in [-0.2, -0.15) is 0 Å². The Morgan fingerprint density at radius 3 is 3.17 bits per heavy atom. The van der Waals surface area contributed by atoms with Crippen molar-refractivity contribution < 1.29 is 0 Å². The van der Waals surface area contributed by atoms with Gasteiger partial charge in [0.2, 0.25) is 5.65 Å². The van der Waals surface area contributed by atoms with Gasteiger partial charge in [-0.1, -0.05) is 6.92 Å². The SMILES string of the molecule is CCc1cnc(CNc2nccn3cnnc23)s1. The average molecular weight is 260 g/mol. The van der Waals surface area contributed by atoms with Crippen molar-refractivity contribution in [3.05, 3.63) is 34.8 Å². The first-order valence-electron chi connectivity index (χ1n) is 5.68. The zero-order chi connectivity index (χ0) is 12.4. The molecular weight excluding hydrogens is 248 g/mol. The number of thiazole rings is 1. The molecule has 3 aromatic rings. The van der Waals surface area contributed by atoms with Crippen molar-refractivity contribution in [1.29, 1.82) is 0 Å². The summed E-state index contributed by atoms with van der Waals surface area (Å²) in [6.45, 7) is 2.79. The first-order valence-corrected chi connectivity index (χ1v) is 6.50. The Bertz CT molecular complexity index is 658. The lowest BCUT2D eigenvalue weighted by Gasteiger charge is -2.03. The quantitative estimate of drug-likeness (QED) is 0.774. The van der Waals surface area contributed by atoms with E-state index < -0.39 is 0 Å². The molecule has 0 saturated carbocycles. The fourth-order valence-corrected chi connectivity index (χ4v) is 2.44. The van der Waals surface area contributed by atoms with Crippen LogP contribution in [0.4, 0.5) is 5.82 Å². The van der Waals surface area contributed by atoms with E-state index in [1.165, 1.54) is 4.88 Å². The van der Waals surface area contributed by atoms with Gasteiger partial charge in [-0.25, -0.2) is 9.97 Å². The van der Waals surface area contributed by atoms with Crippen molar-refractivity contribution in [2.24, 2.45) is 0 Å². The highest BCUT2D eigenvalue weighted by atomic mass is 32.1. The summed E-state index contributed by atoms with van der Waals surface area (Å²) in [6.07, 6.45) is 8.14. The molecule has 3 rings (SSSR count). The first-order chi connectivity index (χ1) is 8.86. The second-order valence-corrected chi connectivity index (χ2v) is 4.96. The minimum Gasteiger partial charge on any atom is -0.360 e. The maximum Gasteiger partial charge on any atom is 0.203 e. The molecule has 7 heteroatoms. The molecule has 0 aliphatic heterocycles. The van der Waals surface area contributed by atoms with Gasteiger partial charge in [-0.3, -0.25) is 4.40 Å². The third kappa shape index (κ3) is 2.04. The van der Waals surface area contributed by atoms with Crippen LogP contribution in [0.2, 0.25) is 0 Å². The summed E-state index contributed by atoms with van der Waals surface area (Å²) in [4.78, 5) is 9.91. The Balaban J connectivity index is 1.78. The van der Waals surface area contributed by atoms with E-state index in [0.29, 0.717) is 6.54 Å². The highest BCUT2D eigenvalue weighted by Gasteiger charge is 2.05.